The van der Waals surface area contributed by atoms with Crippen molar-refractivity contribution in [3.8, 4) is 11.8 Å². The van der Waals surface area contributed by atoms with Crippen molar-refractivity contribution < 1.29 is 9.47 Å². The minimum absolute atomic E-state index is 0.176. The van der Waals surface area contributed by atoms with Crippen LogP contribution in [0.5, 0.6) is 0 Å². The first-order valence-electron chi connectivity index (χ1n) is 9.09. The maximum Gasteiger partial charge on any atom is 0.162 e. The zero-order valence-electron chi connectivity index (χ0n) is 15.5. The van der Waals surface area contributed by atoms with Gasteiger partial charge in [-0.05, 0) is 44.1 Å². The van der Waals surface area contributed by atoms with Gasteiger partial charge in [0.05, 0.1) is 19.1 Å². The number of ether oxygens (including phenoxy) is 2. The van der Waals surface area contributed by atoms with Crippen molar-refractivity contribution in [3.63, 3.8) is 0 Å². The zero-order valence-corrected chi connectivity index (χ0v) is 15.5. The van der Waals surface area contributed by atoms with Crippen molar-refractivity contribution in [2.75, 3.05) is 13.2 Å². The summed E-state index contributed by atoms with van der Waals surface area (Å²) in [7, 11) is 0. The Bertz CT molecular complexity index is 596. The van der Waals surface area contributed by atoms with Crippen LogP contribution in [0.15, 0.2) is 55.6 Å². The lowest BCUT2D eigenvalue weighted by molar-refractivity contribution is -0.254. The molecule has 2 nitrogen and oxygen atoms in total. The molecule has 1 aromatic rings. The van der Waals surface area contributed by atoms with Crippen molar-refractivity contribution in [1.29, 1.82) is 0 Å². The summed E-state index contributed by atoms with van der Waals surface area (Å²) in [5.74, 6) is 7.07. The SMILES string of the molecule is C=C[C@H](Cc1ccccc1)[C@@H](C=C)CCC#CC1COC(C)(C)OC1. The molecule has 2 atom stereocenters. The predicted octanol–water partition coefficient (Wildman–Crippen LogP) is 5.02. The molecule has 1 fully saturated rings. The number of hydrogen-bond acceptors (Lipinski definition) is 2. The molecule has 0 spiro atoms. The van der Waals surface area contributed by atoms with Crippen LogP contribution >= 0.6 is 0 Å². The molecule has 0 aliphatic carbocycles. The smallest absolute Gasteiger partial charge is 0.162 e. The van der Waals surface area contributed by atoms with Gasteiger partial charge in [0, 0.05) is 6.42 Å². The highest BCUT2D eigenvalue weighted by atomic mass is 16.7. The Morgan fingerprint density at radius 3 is 2.36 bits per heavy atom. The zero-order chi connectivity index (χ0) is 18.1. The number of allylic oxidation sites excluding steroid dienone is 2. The first-order chi connectivity index (χ1) is 12.0. The van der Waals surface area contributed by atoms with Gasteiger partial charge in [0.15, 0.2) is 5.79 Å². The second-order valence-electron chi connectivity index (χ2n) is 7.07. The van der Waals surface area contributed by atoms with Gasteiger partial charge in [0.2, 0.25) is 0 Å². The summed E-state index contributed by atoms with van der Waals surface area (Å²) in [4.78, 5) is 0. The quantitative estimate of drug-likeness (QED) is 0.513. The van der Waals surface area contributed by atoms with E-state index in [2.05, 4.69) is 55.3 Å². The third-order valence-corrected chi connectivity index (χ3v) is 4.64. The number of benzene rings is 1. The van der Waals surface area contributed by atoms with Crippen LogP contribution < -0.4 is 0 Å². The summed E-state index contributed by atoms with van der Waals surface area (Å²) < 4.78 is 11.3. The first kappa shape index (κ1) is 19.5. The largest absolute Gasteiger partial charge is 0.349 e. The van der Waals surface area contributed by atoms with Crippen LogP contribution in [-0.2, 0) is 15.9 Å². The van der Waals surface area contributed by atoms with Gasteiger partial charge >= 0.3 is 0 Å². The van der Waals surface area contributed by atoms with E-state index in [-0.39, 0.29) is 5.92 Å². The molecule has 1 aliphatic rings. The Morgan fingerprint density at radius 2 is 1.76 bits per heavy atom. The fourth-order valence-corrected chi connectivity index (χ4v) is 3.03. The molecule has 0 bridgehead atoms. The van der Waals surface area contributed by atoms with E-state index in [4.69, 9.17) is 9.47 Å². The molecule has 1 aromatic carbocycles. The minimum atomic E-state index is -0.471. The molecule has 2 rings (SSSR count). The summed E-state index contributed by atoms with van der Waals surface area (Å²) >= 11 is 0. The average Bonchev–Trinajstić information content (AvgIpc) is 2.62. The van der Waals surface area contributed by atoms with E-state index >= 15 is 0 Å². The van der Waals surface area contributed by atoms with Gasteiger partial charge in [-0.1, -0.05) is 48.4 Å². The van der Waals surface area contributed by atoms with Gasteiger partial charge in [0.1, 0.15) is 0 Å². The molecular formula is C23H30O2. The van der Waals surface area contributed by atoms with Gasteiger partial charge in [-0.3, -0.25) is 0 Å². The average molecular weight is 338 g/mol. The van der Waals surface area contributed by atoms with Crippen LogP contribution in [0.25, 0.3) is 0 Å². The molecule has 0 amide bonds. The Kier molecular flexibility index (Phi) is 7.50. The lowest BCUT2D eigenvalue weighted by Crippen LogP contribution is -2.38. The highest BCUT2D eigenvalue weighted by Gasteiger charge is 2.27. The van der Waals surface area contributed by atoms with Crippen molar-refractivity contribution in [2.24, 2.45) is 17.8 Å². The van der Waals surface area contributed by atoms with Crippen molar-refractivity contribution >= 4 is 0 Å². The fourth-order valence-electron chi connectivity index (χ4n) is 3.03. The molecule has 2 heteroatoms. The van der Waals surface area contributed by atoms with Crippen LogP contribution in [0, 0.1) is 29.6 Å². The summed E-state index contributed by atoms with van der Waals surface area (Å²) in [6.45, 7) is 13.2. The number of hydrogen-bond donors (Lipinski definition) is 0. The molecule has 0 unspecified atom stereocenters. The highest BCUT2D eigenvalue weighted by molar-refractivity contribution is 5.17. The van der Waals surface area contributed by atoms with Gasteiger partial charge in [-0.25, -0.2) is 0 Å². The molecule has 0 radical (unpaired) electrons. The molecule has 0 aromatic heterocycles. The maximum atomic E-state index is 5.65. The lowest BCUT2D eigenvalue weighted by Gasteiger charge is -2.33. The first-order valence-corrected chi connectivity index (χ1v) is 9.09. The van der Waals surface area contributed by atoms with Gasteiger partial charge in [-0.15, -0.1) is 19.1 Å². The van der Waals surface area contributed by atoms with Crippen molar-refractivity contribution in [3.05, 3.63) is 61.2 Å². The Morgan fingerprint density at radius 1 is 1.12 bits per heavy atom. The van der Waals surface area contributed by atoms with E-state index in [1.54, 1.807) is 0 Å². The third-order valence-electron chi connectivity index (χ3n) is 4.64. The second-order valence-corrected chi connectivity index (χ2v) is 7.07. The van der Waals surface area contributed by atoms with Crippen LogP contribution in [0.3, 0.4) is 0 Å². The Hall–Kier alpha value is -1.82. The summed E-state index contributed by atoms with van der Waals surface area (Å²) in [5.41, 5.74) is 1.34. The molecule has 1 heterocycles. The summed E-state index contributed by atoms with van der Waals surface area (Å²) in [6, 6.07) is 10.5. The van der Waals surface area contributed by atoms with Crippen molar-refractivity contribution in [2.45, 2.75) is 38.9 Å². The van der Waals surface area contributed by atoms with E-state index in [9.17, 15) is 0 Å². The number of rotatable bonds is 7. The maximum absolute atomic E-state index is 5.65. The van der Waals surface area contributed by atoms with E-state index in [1.807, 2.05) is 26.0 Å². The predicted molar refractivity (Wildman–Crippen MR) is 104 cm³/mol. The van der Waals surface area contributed by atoms with Crippen LogP contribution in [0.2, 0.25) is 0 Å². The standard InChI is InChI=1S/C23H30O2/c1-5-21(22(6-2)16-19-12-8-7-9-13-19)15-11-10-14-20-17-24-23(3,4)25-18-20/h5-9,12-13,20-22H,1-2,11,15-18H2,3-4H3/t21-,22+/m0/s1. The van der Waals surface area contributed by atoms with Crippen LogP contribution in [0.4, 0.5) is 0 Å². The lowest BCUT2D eigenvalue weighted by atomic mass is 9.84. The van der Waals surface area contributed by atoms with E-state index in [0.717, 1.165) is 19.3 Å². The van der Waals surface area contributed by atoms with Gasteiger partial charge in [-0.2, -0.15) is 0 Å². The van der Waals surface area contributed by atoms with Crippen molar-refractivity contribution in [1.82, 2.24) is 0 Å². The Balaban J connectivity index is 1.82. The van der Waals surface area contributed by atoms with Crippen LogP contribution in [0.1, 0.15) is 32.3 Å². The van der Waals surface area contributed by atoms with E-state index in [0.29, 0.717) is 25.0 Å². The van der Waals surface area contributed by atoms with Crippen LogP contribution in [-0.4, -0.2) is 19.0 Å². The molecule has 1 aliphatic heterocycles. The summed E-state index contributed by atoms with van der Waals surface area (Å²) in [5, 5.41) is 0. The second kappa shape index (κ2) is 9.61. The summed E-state index contributed by atoms with van der Waals surface area (Å²) in [6.07, 6.45) is 6.95. The van der Waals surface area contributed by atoms with E-state index < -0.39 is 5.79 Å². The highest BCUT2D eigenvalue weighted by Crippen LogP contribution is 2.24. The Labute approximate surface area is 152 Å². The fraction of sp³-hybridized carbons (Fsp3) is 0.478. The molecular weight excluding hydrogens is 308 g/mol. The van der Waals surface area contributed by atoms with E-state index in [1.165, 1.54) is 5.56 Å². The van der Waals surface area contributed by atoms with Gasteiger partial charge in [0.25, 0.3) is 0 Å². The molecule has 134 valence electrons. The monoisotopic (exact) mass is 338 g/mol. The van der Waals surface area contributed by atoms with Gasteiger partial charge < -0.3 is 9.47 Å². The third kappa shape index (κ3) is 6.53. The molecule has 25 heavy (non-hydrogen) atoms. The molecule has 0 N–H and O–H groups in total. The molecule has 1 saturated heterocycles. The minimum Gasteiger partial charge on any atom is -0.349 e. The molecule has 0 saturated carbocycles. The topological polar surface area (TPSA) is 18.5 Å². The normalized spacial score (nSPS) is 19.3.